The Kier molecular flexibility index (Phi) is 4.90. The van der Waals surface area contributed by atoms with Gasteiger partial charge in [0.1, 0.15) is 18.0 Å². The van der Waals surface area contributed by atoms with Crippen molar-refractivity contribution in [1.29, 1.82) is 0 Å². The third-order valence-corrected chi connectivity index (χ3v) is 3.13. The summed E-state index contributed by atoms with van der Waals surface area (Å²) in [6.45, 7) is 1.16. The lowest BCUT2D eigenvalue weighted by Gasteiger charge is -2.12. The summed E-state index contributed by atoms with van der Waals surface area (Å²) < 4.78 is 32.6. The van der Waals surface area contributed by atoms with Crippen molar-refractivity contribution in [1.82, 2.24) is 0 Å². The van der Waals surface area contributed by atoms with Gasteiger partial charge in [-0.05, 0) is 18.6 Å². The highest BCUT2D eigenvalue weighted by Gasteiger charge is 2.21. The maximum Gasteiger partial charge on any atom is 0.412 e. The second-order valence-electron chi connectivity index (χ2n) is 4.71. The minimum Gasteiger partial charge on any atom is -0.478 e. The molecule has 2 rings (SSSR count). The molecule has 0 aliphatic rings. The van der Waals surface area contributed by atoms with Crippen LogP contribution in [-0.4, -0.2) is 17.2 Å². The SMILES string of the molecule is Cc1c(F)cc(C(=O)O)c(F)c1NC(=O)OCc1ccccc1. The van der Waals surface area contributed by atoms with Gasteiger partial charge in [0.15, 0.2) is 5.82 Å². The zero-order chi connectivity index (χ0) is 17.0. The lowest BCUT2D eigenvalue weighted by Crippen LogP contribution is -2.17. The van der Waals surface area contributed by atoms with E-state index in [2.05, 4.69) is 0 Å². The van der Waals surface area contributed by atoms with Crippen molar-refractivity contribution < 1.29 is 28.2 Å². The lowest BCUT2D eigenvalue weighted by molar-refractivity contribution is 0.0691. The van der Waals surface area contributed by atoms with Gasteiger partial charge in [0, 0.05) is 5.56 Å². The fourth-order valence-corrected chi connectivity index (χ4v) is 1.88. The zero-order valence-corrected chi connectivity index (χ0v) is 12.1. The van der Waals surface area contributed by atoms with E-state index in [1.54, 1.807) is 30.3 Å². The number of benzene rings is 2. The van der Waals surface area contributed by atoms with E-state index < -0.39 is 34.9 Å². The van der Waals surface area contributed by atoms with Crippen molar-refractivity contribution >= 4 is 17.7 Å². The third kappa shape index (κ3) is 3.82. The number of hydrogen-bond acceptors (Lipinski definition) is 3. The number of rotatable bonds is 4. The molecule has 7 heteroatoms. The van der Waals surface area contributed by atoms with E-state index in [0.29, 0.717) is 11.6 Å². The highest BCUT2D eigenvalue weighted by atomic mass is 19.1. The molecule has 0 heterocycles. The number of amides is 1. The van der Waals surface area contributed by atoms with E-state index in [9.17, 15) is 18.4 Å². The Morgan fingerprint density at radius 3 is 2.48 bits per heavy atom. The van der Waals surface area contributed by atoms with Gasteiger partial charge >= 0.3 is 12.1 Å². The first-order chi connectivity index (χ1) is 10.9. The maximum absolute atomic E-state index is 14.1. The van der Waals surface area contributed by atoms with Gasteiger partial charge in [0.2, 0.25) is 0 Å². The summed E-state index contributed by atoms with van der Waals surface area (Å²) in [6.07, 6.45) is -1.02. The van der Waals surface area contributed by atoms with Crippen LogP contribution in [0.15, 0.2) is 36.4 Å². The van der Waals surface area contributed by atoms with Crippen LogP contribution in [0.1, 0.15) is 21.5 Å². The molecule has 0 bridgehead atoms. The summed E-state index contributed by atoms with van der Waals surface area (Å²) >= 11 is 0. The van der Waals surface area contributed by atoms with Crippen molar-refractivity contribution in [3.8, 4) is 0 Å². The fraction of sp³-hybridized carbons (Fsp3) is 0.125. The quantitative estimate of drug-likeness (QED) is 0.900. The second kappa shape index (κ2) is 6.87. The van der Waals surface area contributed by atoms with Crippen LogP contribution in [0.25, 0.3) is 0 Å². The number of carboxylic acid groups (broad SMARTS) is 1. The molecular weight excluding hydrogens is 308 g/mol. The summed E-state index contributed by atoms with van der Waals surface area (Å²) in [4.78, 5) is 22.6. The van der Waals surface area contributed by atoms with Crippen LogP contribution in [0, 0.1) is 18.6 Å². The molecule has 0 aromatic heterocycles. The highest BCUT2D eigenvalue weighted by molar-refractivity contribution is 5.92. The Bertz CT molecular complexity index is 747. The van der Waals surface area contributed by atoms with E-state index in [-0.39, 0.29) is 12.2 Å². The molecule has 0 spiro atoms. The van der Waals surface area contributed by atoms with Crippen molar-refractivity contribution in [2.75, 3.05) is 5.32 Å². The molecule has 0 fully saturated rings. The van der Waals surface area contributed by atoms with E-state index >= 15 is 0 Å². The minimum atomic E-state index is -1.64. The summed E-state index contributed by atoms with van der Waals surface area (Å²) in [5.74, 6) is -3.81. The Balaban J connectivity index is 2.16. The van der Waals surface area contributed by atoms with Gasteiger partial charge in [0.25, 0.3) is 0 Å². The molecule has 0 saturated heterocycles. The second-order valence-corrected chi connectivity index (χ2v) is 4.71. The van der Waals surface area contributed by atoms with Crippen molar-refractivity contribution in [3.63, 3.8) is 0 Å². The first-order valence-electron chi connectivity index (χ1n) is 6.59. The van der Waals surface area contributed by atoms with Crippen LogP contribution in [-0.2, 0) is 11.3 Å². The maximum atomic E-state index is 14.1. The number of hydrogen-bond donors (Lipinski definition) is 2. The number of carboxylic acids is 1. The van der Waals surface area contributed by atoms with Crippen molar-refractivity contribution in [2.45, 2.75) is 13.5 Å². The number of aromatic carboxylic acids is 1. The Morgan fingerprint density at radius 2 is 1.87 bits per heavy atom. The Labute approximate surface area is 130 Å². The molecule has 0 aliphatic heterocycles. The summed E-state index contributed by atoms with van der Waals surface area (Å²) in [5.41, 5.74) is -0.929. The number of nitrogens with one attached hydrogen (secondary N) is 1. The summed E-state index contributed by atoms with van der Waals surface area (Å²) in [7, 11) is 0. The minimum absolute atomic E-state index is 0.0611. The molecule has 0 unspecified atom stereocenters. The number of halogens is 2. The first-order valence-corrected chi connectivity index (χ1v) is 6.59. The van der Waals surface area contributed by atoms with Gasteiger partial charge in [-0.2, -0.15) is 0 Å². The van der Waals surface area contributed by atoms with Gasteiger partial charge in [-0.15, -0.1) is 0 Å². The molecule has 2 aromatic carbocycles. The molecule has 2 N–H and O–H groups in total. The molecule has 0 atom stereocenters. The normalized spacial score (nSPS) is 10.2. The molecule has 0 radical (unpaired) electrons. The van der Waals surface area contributed by atoms with Crippen LogP contribution in [0.3, 0.4) is 0 Å². The standard InChI is InChI=1S/C16H13F2NO4/c1-9-12(17)7-11(15(20)21)13(18)14(9)19-16(22)23-8-10-5-3-2-4-6-10/h2-7H,8H2,1H3,(H,19,22)(H,20,21). The Morgan fingerprint density at radius 1 is 1.22 bits per heavy atom. The fourth-order valence-electron chi connectivity index (χ4n) is 1.88. The van der Waals surface area contributed by atoms with Crippen molar-refractivity contribution in [2.24, 2.45) is 0 Å². The summed E-state index contributed by atoms with van der Waals surface area (Å²) in [5, 5.41) is 10.9. The van der Waals surface area contributed by atoms with Crippen LogP contribution < -0.4 is 5.32 Å². The van der Waals surface area contributed by atoms with Gasteiger partial charge in [-0.25, -0.2) is 18.4 Å². The molecule has 23 heavy (non-hydrogen) atoms. The number of carbonyl (C=O) groups excluding carboxylic acids is 1. The van der Waals surface area contributed by atoms with E-state index in [1.165, 1.54) is 6.92 Å². The first kappa shape index (κ1) is 16.4. The van der Waals surface area contributed by atoms with Crippen molar-refractivity contribution in [3.05, 3.63) is 64.7 Å². The average Bonchev–Trinajstić information content (AvgIpc) is 2.53. The molecular formula is C16H13F2NO4. The van der Waals surface area contributed by atoms with Crippen LogP contribution in [0.5, 0.6) is 0 Å². The number of anilines is 1. The molecule has 0 aliphatic carbocycles. The van der Waals surface area contributed by atoms with Gasteiger partial charge in [-0.3, -0.25) is 5.32 Å². The zero-order valence-electron chi connectivity index (χ0n) is 12.1. The van der Waals surface area contributed by atoms with E-state index in [0.717, 1.165) is 0 Å². The van der Waals surface area contributed by atoms with Gasteiger partial charge in [-0.1, -0.05) is 30.3 Å². The highest BCUT2D eigenvalue weighted by Crippen LogP contribution is 2.26. The smallest absolute Gasteiger partial charge is 0.412 e. The molecule has 2 aromatic rings. The van der Waals surface area contributed by atoms with E-state index in [1.807, 2.05) is 5.32 Å². The molecule has 1 amide bonds. The molecule has 0 saturated carbocycles. The lowest BCUT2D eigenvalue weighted by atomic mass is 10.1. The predicted molar refractivity (Wildman–Crippen MR) is 78.3 cm³/mol. The Hall–Kier alpha value is -2.96. The van der Waals surface area contributed by atoms with Crippen LogP contribution in [0.2, 0.25) is 0 Å². The van der Waals surface area contributed by atoms with E-state index in [4.69, 9.17) is 9.84 Å². The molecule has 5 nitrogen and oxygen atoms in total. The number of ether oxygens (including phenoxy) is 1. The van der Waals surface area contributed by atoms with Crippen LogP contribution in [0.4, 0.5) is 19.3 Å². The molecule has 120 valence electrons. The van der Waals surface area contributed by atoms with Gasteiger partial charge < -0.3 is 9.84 Å². The third-order valence-electron chi connectivity index (χ3n) is 3.13. The largest absolute Gasteiger partial charge is 0.478 e. The summed E-state index contributed by atoms with van der Waals surface area (Å²) in [6, 6.07) is 9.32. The number of carbonyl (C=O) groups is 2. The average molecular weight is 321 g/mol. The van der Waals surface area contributed by atoms with Gasteiger partial charge in [0.05, 0.1) is 5.69 Å². The van der Waals surface area contributed by atoms with Crippen LogP contribution >= 0.6 is 0 Å². The monoisotopic (exact) mass is 321 g/mol. The predicted octanol–water partition coefficient (Wildman–Crippen LogP) is 3.72. The topological polar surface area (TPSA) is 75.6 Å².